The van der Waals surface area contributed by atoms with Gasteiger partial charge in [0.15, 0.2) is 11.5 Å². The van der Waals surface area contributed by atoms with Gasteiger partial charge in [-0.25, -0.2) is 4.98 Å². The molecule has 0 radical (unpaired) electrons. The number of methoxy groups -OCH3 is 2. The predicted octanol–water partition coefficient (Wildman–Crippen LogP) is 3.10. The molecule has 1 aromatic heterocycles. The first kappa shape index (κ1) is 16.4. The minimum Gasteiger partial charge on any atom is -0.493 e. The highest BCUT2D eigenvalue weighted by Crippen LogP contribution is 2.27. The topological polar surface area (TPSA) is 59.5 Å². The number of hydrogen-bond donors (Lipinski definition) is 1. The molecule has 3 rings (SSSR count). The number of benzene rings is 1. The average molecular weight is 328 g/mol. The highest BCUT2D eigenvalue weighted by Gasteiger charge is 2.13. The molecule has 6 nitrogen and oxygen atoms in total. The van der Waals surface area contributed by atoms with Crippen molar-refractivity contribution in [2.75, 3.05) is 37.5 Å². The highest BCUT2D eigenvalue weighted by molar-refractivity contribution is 5.45. The van der Waals surface area contributed by atoms with Gasteiger partial charge in [0.2, 0.25) is 5.95 Å². The third kappa shape index (κ3) is 3.88. The summed E-state index contributed by atoms with van der Waals surface area (Å²) in [6, 6.07) is 7.79. The van der Waals surface area contributed by atoms with E-state index in [4.69, 9.17) is 9.47 Å². The maximum Gasteiger partial charge on any atom is 0.227 e. The minimum atomic E-state index is 0.663. The maximum atomic E-state index is 5.34. The van der Waals surface area contributed by atoms with Crippen molar-refractivity contribution in [3.8, 4) is 11.5 Å². The van der Waals surface area contributed by atoms with Gasteiger partial charge in [0, 0.05) is 25.8 Å². The zero-order chi connectivity index (χ0) is 16.8. The van der Waals surface area contributed by atoms with Gasteiger partial charge in [-0.1, -0.05) is 6.07 Å². The lowest BCUT2D eigenvalue weighted by Gasteiger charge is -2.26. The van der Waals surface area contributed by atoms with Gasteiger partial charge in [0.1, 0.15) is 5.82 Å². The molecule has 1 fully saturated rings. The summed E-state index contributed by atoms with van der Waals surface area (Å²) in [6.07, 6.45) is 5.54. The molecule has 2 aromatic rings. The van der Waals surface area contributed by atoms with Crippen molar-refractivity contribution in [3.05, 3.63) is 36.0 Å². The van der Waals surface area contributed by atoms with Crippen molar-refractivity contribution in [1.82, 2.24) is 9.97 Å². The molecule has 6 heteroatoms. The number of ether oxygens (including phenoxy) is 2. The zero-order valence-corrected chi connectivity index (χ0v) is 14.3. The molecule has 2 heterocycles. The van der Waals surface area contributed by atoms with Crippen LogP contribution in [0.3, 0.4) is 0 Å². The molecule has 0 bridgehead atoms. The molecule has 24 heavy (non-hydrogen) atoms. The van der Waals surface area contributed by atoms with E-state index in [1.165, 1.54) is 19.3 Å². The Balaban J connectivity index is 1.66. The lowest BCUT2D eigenvalue weighted by Crippen LogP contribution is -2.31. The van der Waals surface area contributed by atoms with Crippen LogP contribution in [0.25, 0.3) is 0 Å². The van der Waals surface area contributed by atoms with Gasteiger partial charge < -0.3 is 19.7 Å². The number of rotatable bonds is 6. The Morgan fingerprint density at radius 2 is 1.83 bits per heavy atom. The molecule has 1 aliphatic heterocycles. The van der Waals surface area contributed by atoms with Crippen LogP contribution in [0.1, 0.15) is 24.8 Å². The van der Waals surface area contributed by atoms with Gasteiger partial charge in [-0.15, -0.1) is 0 Å². The number of aromatic nitrogens is 2. The van der Waals surface area contributed by atoms with E-state index in [0.29, 0.717) is 6.54 Å². The lowest BCUT2D eigenvalue weighted by molar-refractivity contribution is 0.354. The molecule has 1 N–H and O–H groups in total. The maximum absolute atomic E-state index is 5.34. The van der Waals surface area contributed by atoms with Crippen molar-refractivity contribution in [2.24, 2.45) is 0 Å². The Kier molecular flexibility index (Phi) is 5.36. The quantitative estimate of drug-likeness (QED) is 0.879. The summed E-state index contributed by atoms with van der Waals surface area (Å²) in [5.74, 6) is 3.11. The van der Waals surface area contributed by atoms with E-state index in [1.54, 1.807) is 14.2 Å². The Morgan fingerprint density at radius 3 is 2.58 bits per heavy atom. The van der Waals surface area contributed by atoms with Gasteiger partial charge >= 0.3 is 0 Å². The molecule has 0 atom stereocenters. The van der Waals surface area contributed by atoms with E-state index < -0.39 is 0 Å². The molecule has 0 unspecified atom stereocenters. The summed E-state index contributed by atoms with van der Waals surface area (Å²) in [5, 5.41) is 3.36. The fourth-order valence-corrected chi connectivity index (χ4v) is 2.88. The Labute approximate surface area is 142 Å². The molecule has 0 aliphatic carbocycles. The van der Waals surface area contributed by atoms with Crippen LogP contribution in [0.5, 0.6) is 11.5 Å². The Hall–Kier alpha value is -2.50. The van der Waals surface area contributed by atoms with E-state index in [2.05, 4.69) is 20.2 Å². The molecule has 0 amide bonds. The second-order valence-corrected chi connectivity index (χ2v) is 5.83. The first-order valence-electron chi connectivity index (χ1n) is 8.33. The van der Waals surface area contributed by atoms with E-state index in [1.807, 2.05) is 30.5 Å². The van der Waals surface area contributed by atoms with E-state index in [0.717, 1.165) is 41.9 Å². The van der Waals surface area contributed by atoms with Crippen LogP contribution < -0.4 is 19.7 Å². The summed E-state index contributed by atoms with van der Waals surface area (Å²) in [7, 11) is 3.28. The SMILES string of the molecule is COc1ccc(CNc2ccnc(N3CCCCC3)n2)cc1OC. The monoisotopic (exact) mass is 328 g/mol. The van der Waals surface area contributed by atoms with Crippen LogP contribution in [0.2, 0.25) is 0 Å². The lowest BCUT2D eigenvalue weighted by atomic mass is 10.1. The minimum absolute atomic E-state index is 0.663. The predicted molar refractivity (Wildman–Crippen MR) is 95.0 cm³/mol. The second kappa shape index (κ2) is 7.86. The molecule has 1 saturated heterocycles. The van der Waals surface area contributed by atoms with Crippen molar-refractivity contribution in [1.29, 1.82) is 0 Å². The number of anilines is 2. The molecule has 0 saturated carbocycles. The third-order valence-electron chi connectivity index (χ3n) is 4.20. The highest BCUT2D eigenvalue weighted by atomic mass is 16.5. The normalized spacial score (nSPS) is 14.3. The number of hydrogen-bond acceptors (Lipinski definition) is 6. The molecule has 128 valence electrons. The third-order valence-corrected chi connectivity index (χ3v) is 4.20. The van der Waals surface area contributed by atoms with E-state index >= 15 is 0 Å². The molecule has 1 aliphatic rings. The van der Waals surface area contributed by atoms with Crippen molar-refractivity contribution in [2.45, 2.75) is 25.8 Å². The van der Waals surface area contributed by atoms with Crippen LogP contribution in [-0.2, 0) is 6.54 Å². The van der Waals surface area contributed by atoms with E-state index in [-0.39, 0.29) is 0 Å². The Morgan fingerprint density at radius 1 is 1.04 bits per heavy atom. The number of nitrogens with one attached hydrogen (secondary N) is 1. The average Bonchev–Trinajstić information content (AvgIpc) is 2.67. The largest absolute Gasteiger partial charge is 0.493 e. The smallest absolute Gasteiger partial charge is 0.227 e. The van der Waals surface area contributed by atoms with Gasteiger partial charge in [0.25, 0.3) is 0 Å². The van der Waals surface area contributed by atoms with Crippen LogP contribution in [0, 0.1) is 0 Å². The summed E-state index contributed by atoms with van der Waals surface area (Å²) in [4.78, 5) is 11.3. The summed E-state index contributed by atoms with van der Waals surface area (Å²) < 4.78 is 10.6. The second-order valence-electron chi connectivity index (χ2n) is 5.83. The van der Waals surface area contributed by atoms with Gasteiger partial charge in [-0.3, -0.25) is 0 Å². The summed E-state index contributed by atoms with van der Waals surface area (Å²) in [6.45, 7) is 2.75. The van der Waals surface area contributed by atoms with Crippen LogP contribution in [0.4, 0.5) is 11.8 Å². The number of nitrogens with zero attached hydrogens (tertiary/aromatic N) is 3. The zero-order valence-electron chi connectivity index (χ0n) is 14.3. The first-order valence-corrected chi connectivity index (χ1v) is 8.33. The fraction of sp³-hybridized carbons (Fsp3) is 0.444. The first-order chi connectivity index (χ1) is 11.8. The molecule has 0 spiro atoms. The van der Waals surface area contributed by atoms with Gasteiger partial charge in [-0.05, 0) is 43.0 Å². The number of piperidine rings is 1. The van der Waals surface area contributed by atoms with Crippen molar-refractivity contribution < 1.29 is 9.47 Å². The molecular formula is C18H24N4O2. The van der Waals surface area contributed by atoms with Crippen LogP contribution >= 0.6 is 0 Å². The van der Waals surface area contributed by atoms with Crippen molar-refractivity contribution >= 4 is 11.8 Å². The van der Waals surface area contributed by atoms with Gasteiger partial charge in [0.05, 0.1) is 14.2 Å². The van der Waals surface area contributed by atoms with E-state index in [9.17, 15) is 0 Å². The molecule has 1 aromatic carbocycles. The standard InChI is InChI=1S/C18H24N4O2/c1-23-15-7-6-14(12-16(15)24-2)13-20-17-8-9-19-18(21-17)22-10-4-3-5-11-22/h6-9,12H,3-5,10-11,13H2,1-2H3,(H,19,20,21). The van der Waals surface area contributed by atoms with Crippen LogP contribution in [-0.4, -0.2) is 37.3 Å². The van der Waals surface area contributed by atoms with Crippen molar-refractivity contribution in [3.63, 3.8) is 0 Å². The molecular weight excluding hydrogens is 304 g/mol. The van der Waals surface area contributed by atoms with Gasteiger partial charge in [-0.2, -0.15) is 4.98 Å². The Bertz CT molecular complexity index is 672. The fourth-order valence-electron chi connectivity index (χ4n) is 2.88. The summed E-state index contributed by atoms with van der Waals surface area (Å²) in [5.41, 5.74) is 1.10. The summed E-state index contributed by atoms with van der Waals surface area (Å²) >= 11 is 0. The van der Waals surface area contributed by atoms with Crippen LogP contribution in [0.15, 0.2) is 30.5 Å².